The van der Waals surface area contributed by atoms with E-state index in [1.54, 1.807) is 44.4 Å². The van der Waals surface area contributed by atoms with Crippen molar-refractivity contribution >= 4 is 5.91 Å². The van der Waals surface area contributed by atoms with E-state index < -0.39 is 0 Å². The van der Waals surface area contributed by atoms with Gasteiger partial charge < -0.3 is 24.4 Å². The molecule has 1 N–H and O–H groups in total. The van der Waals surface area contributed by atoms with Crippen LogP contribution in [0.2, 0.25) is 0 Å². The zero-order chi connectivity index (χ0) is 15.2. The third-order valence-electron chi connectivity index (χ3n) is 3.47. The van der Waals surface area contributed by atoms with E-state index in [1.807, 2.05) is 0 Å². The minimum atomic E-state index is -0.111. The maximum Gasteiger partial charge on any atom is 0.257 e. The Morgan fingerprint density at radius 1 is 1.43 bits per heavy atom. The molecule has 1 aromatic carbocycles. The standard InChI is InChI=1S/C15H22N2O4/c1-17(10-12-9-16-6-7-21-12)15(18)13-8-11(19-2)4-5-14(13)20-3/h4-5,8,12,16H,6-7,9-10H2,1-3H3. The molecular weight excluding hydrogens is 272 g/mol. The van der Waals surface area contributed by atoms with Gasteiger partial charge in [0.2, 0.25) is 0 Å². The van der Waals surface area contributed by atoms with Crippen molar-refractivity contribution in [2.75, 3.05) is 47.5 Å². The average molecular weight is 294 g/mol. The van der Waals surface area contributed by atoms with Gasteiger partial charge in [0.05, 0.1) is 32.5 Å². The maximum atomic E-state index is 12.6. The van der Waals surface area contributed by atoms with Gasteiger partial charge in [0.25, 0.3) is 5.91 Å². The molecule has 0 saturated carbocycles. The normalized spacial score (nSPS) is 18.1. The van der Waals surface area contributed by atoms with Crippen LogP contribution in [-0.2, 0) is 4.74 Å². The third kappa shape index (κ3) is 3.86. The van der Waals surface area contributed by atoms with Crippen LogP contribution in [0.15, 0.2) is 18.2 Å². The molecule has 1 aliphatic heterocycles. The van der Waals surface area contributed by atoms with E-state index in [4.69, 9.17) is 14.2 Å². The van der Waals surface area contributed by atoms with Crippen LogP contribution in [0, 0.1) is 0 Å². The summed E-state index contributed by atoms with van der Waals surface area (Å²) in [6.07, 6.45) is 0.0179. The second-order valence-electron chi connectivity index (χ2n) is 4.95. The van der Waals surface area contributed by atoms with Gasteiger partial charge in [-0.25, -0.2) is 0 Å². The number of ether oxygens (including phenoxy) is 3. The molecule has 0 spiro atoms. The van der Waals surface area contributed by atoms with E-state index in [1.165, 1.54) is 0 Å². The summed E-state index contributed by atoms with van der Waals surface area (Å²) in [7, 11) is 4.88. The van der Waals surface area contributed by atoms with Gasteiger partial charge in [-0.2, -0.15) is 0 Å². The molecule has 21 heavy (non-hydrogen) atoms. The van der Waals surface area contributed by atoms with Crippen LogP contribution in [0.5, 0.6) is 11.5 Å². The van der Waals surface area contributed by atoms with Gasteiger partial charge in [0.1, 0.15) is 11.5 Å². The Morgan fingerprint density at radius 2 is 2.24 bits per heavy atom. The molecule has 0 aromatic heterocycles. The molecule has 1 atom stereocenters. The largest absolute Gasteiger partial charge is 0.497 e. The zero-order valence-electron chi connectivity index (χ0n) is 12.7. The Kier molecular flexibility index (Phi) is 5.41. The Balaban J connectivity index is 2.10. The molecule has 0 aliphatic carbocycles. The number of carbonyl (C=O) groups is 1. The Hall–Kier alpha value is -1.79. The molecule has 1 unspecified atom stereocenters. The van der Waals surface area contributed by atoms with Gasteiger partial charge in [0.15, 0.2) is 0 Å². The van der Waals surface area contributed by atoms with Crippen LogP contribution in [0.4, 0.5) is 0 Å². The summed E-state index contributed by atoms with van der Waals surface area (Å²) in [6.45, 7) is 2.83. The van der Waals surface area contributed by atoms with E-state index in [2.05, 4.69) is 5.32 Å². The molecule has 1 fully saturated rings. The first-order chi connectivity index (χ1) is 10.2. The molecule has 1 heterocycles. The number of hydrogen-bond donors (Lipinski definition) is 1. The van der Waals surface area contributed by atoms with Crippen LogP contribution < -0.4 is 14.8 Å². The molecule has 1 aromatic rings. The van der Waals surface area contributed by atoms with Crippen LogP contribution >= 0.6 is 0 Å². The van der Waals surface area contributed by atoms with E-state index in [0.29, 0.717) is 30.2 Å². The molecule has 1 amide bonds. The Bertz CT molecular complexity index is 487. The van der Waals surface area contributed by atoms with Crippen LogP contribution in [0.3, 0.4) is 0 Å². The second-order valence-corrected chi connectivity index (χ2v) is 4.95. The Morgan fingerprint density at radius 3 is 2.86 bits per heavy atom. The highest BCUT2D eigenvalue weighted by Gasteiger charge is 2.22. The average Bonchev–Trinajstić information content (AvgIpc) is 2.54. The molecule has 1 saturated heterocycles. The predicted molar refractivity (Wildman–Crippen MR) is 79.1 cm³/mol. The summed E-state index contributed by atoms with van der Waals surface area (Å²) in [4.78, 5) is 14.2. The van der Waals surface area contributed by atoms with Crippen LogP contribution in [0.25, 0.3) is 0 Å². The number of hydrogen-bond acceptors (Lipinski definition) is 5. The minimum Gasteiger partial charge on any atom is -0.497 e. The van der Waals surface area contributed by atoms with E-state index >= 15 is 0 Å². The smallest absolute Gasteiger partial charge is 0.257 e. The highest BCUT2D eigenvalue weighted by atomic mass is 16.5. The summed E-state index contributed by atoms with van der Waals surface area (Å²) in [5.74, 6) is 1.05. The van der Waals surface area contributed by atoms with Crippen molar-refractivity contribution in [3.05, 3.63) is 23.8 Å². The van der Waals surface area contributed by atoms with E-state index in [-0.39, 0.29) is 12.0 Å². The van der Waals surface area contributed by atoms with E-state index in [0.717, 1.165) is 13.1 Å². The molecule has 6 nitrogen and oxygen atoms in total. The number of rotatable bonds is 5. The van der Waals surface area contributed by atoms with Crippen LogP contribution in [0.1, 0.15) is 10.4 Å². The first kappa shape index (κ1) is 15.6. The molecule has 1 aliphatic rings. The van der Waals surface area contributed by atoms with Crippen molar-refractivity contribution in [2.45, 2.75) is 6.10 Å². The van der Waals surface area contributed by atoms with Gasteiger partial charge in [-0.3, -0.25) is 4.79 Å². The number of nitrogens with zero attached hydrogens (tertiary/aromatic N) is 1. The SMILES string of the molecule is COc1ccc(OC)c(C(=O)N(C)CC2CNCCO2)c1. The fraction of sp³-hybridized carbons (Fsp3) is 0.533. The fourth-order valence-electron chi connectivity index (χ4n) is 2.31. The van der Waals surface area contributed by atoms with Crippen molar-refractivity contribution in [2.24, 2.45) is 0 Å². The number of nitrogens with one attached hydrogen (secondary N) is 1. The summed E-state index contributed by atoms with van der Waals surface area (Å²) >= 11 is 0. The summed E-state index contributed by atoms with van der Waals surface area (Å²) in [6, 6.07) is 5.19. The monoisotopic (exact) mass is 294 g/mol. The van der Waals surface area contributed by atoms with Crippen molar-refractivity contribution in [3.8, 4) is 11.5 Å². The Labute approximate surface area is 125 Å². The molecular formula is C15H22N2O4. The molecule has 0 bridgehead atoms. The summed E-state index contributed by atoms with van der Waals surface area (Å²) < 4.78 is 16.1. The predicted octanol–water partition coefficient (Wildman–Crippen LogP) is 0.764. The first-order valence-electron chi connectivity index (χ1n) is 6.95. The third-order valence-corrected chi connectivity index (χ3v) is 3.47. The lowest BCUT2D eigenvalue weighted by Gasteiger charge is -2.28. The van der Waals surface area contributed by atoms with Crippen molar-refractivity contribution in [3.63, 3.8) is 0 Å². The highest BCUT2D eigenvalue weighted by Crippen LogP contribution is 2.25. The lowest BCUT2D eigenvalue weighted by Crippen LogP contribution is -2.45. The lowest BCUT2D eigenvalue weighted by atomic mass is 10.1. The van der Waals surface area contributed by atoms with Crippen molar-refractivity contribution < 1.29 is 19.0 Å². The number of likely N-dealkylation sites (N-methyl/N-ethyl adjacent to an activating group) is 1. The summed E-state index contributed by atoms with van der Waals surface area (Å²) in [5, 5.41) is 3.25. The molecule has 116 valence electrons. The van der Waals surface area contributed by atoms with Crippen molar-refractivity contribution in [1.82, 2.24) is 10.2 Å². The van der Waals surface area contributed by atoms with Gasteiger partial charge in [-0.15, -0.1) is 0 Å². The zero-order valence-corrected chi connectivity index (χ0v) is 12.7. The first-order valence-corrected chi connectivity index (χ1v) is 6.95. The topological polar surface area (TPSA) is 60.0 Å². The molecule has 0 radical (unpaired) electrons. The molecule has 2 rings (SSSR count). The number of benzene rings is 1. The number of carbonyl (C=O) groups excluding carboxylic acids is 1. The van der Waals surface area contributed by atoms with Gasteiger partial charge in [-0.05, 0) is 18.2 Å². The molecule has 6 heteroatoms. The fourth-order valence-corrected chi connectivity index (χ4v) is 2.31. The van der Waals surface area contributed by atoms with Gasteiger partial charge in [0, 0.05) is 26.7 Å². The second kappa shape index (κ2) is 7.28. The lowest BCUT2D eigenvalue weighted by molar-refractivity contribution is 0.0103. The van der Waals surface area contributed by atoms with Crippen molar-refractivity contribution in [1.29, 1.82) is 0 Å². The number of morpholine rings is 1. The maximum absolute atomic E-state index is 12.6. The highest BCUT2D eigenvalue weighted by molar-refractivity contribution is 5.97. The minimum absolute atomic E-state index is 0.0179. The number of amides is 1. The number of methoxy groups -OCH3 is 2. The van der Waals surface area contributed by atoms with Gasteiger partial charge >= 0.3 is 0 Å². The van der Waals surface area contributed by atoms with E-state index in [9.17, 15) is 4.79 Å². The van der Waals surface area contributed by atoms with Crippen LogP contribution in [-0.4, -0.2) is 64.4 Å². The summed E-state index contributed by atoms with van der Waals surface area (Å²) in [5.41, 5.74) is 0.489. The van der Waals surface area contributed by atoms with Gasteiger partial charge in [-0.1, -0.05) is 0 Å². The quantitative estimate of drug-likeness (QED) is 0.869.